The highest BCUT2D eigenvalue weighted by molar-refractivity contribution is 6.34. The van der Waals surface area contributed by atoms with Gasteiger partial charge in [0.15, 0.2) is 0 Å². The van der Waals surface area contributed by atoms with Gasteiger partial charge in [0.05, 0.1) is 27.9 Å². The number of pyridine rings is 1. The number of carboxylic acids is 1. The Morgan fingerprint density at radius 3 is 2.41 bits per heavy atom. The molecule has 0 aliphatic carbocycles. The van der Waals surface area contributed by atoms with Gasteiger partial charge in [-0.25, -0.2) is 9.78 Å². The maximum Gasteiger partial charge on any atom is 0.416 e. The van der Waals surface area contributed by atoms with E-state index in [9.17, 15) is 37.5 Å². The zero-order valence-electron chi connectivity index (χ0n) is 21.6. The Kier molecular flexibility index (Phi) is 8.15. The third kappa shape index (κ3) is 6.59. The van der Waals surface area contributed by atoms with Gasteiger partial charge in [-0.05, 0) is 52.0 Å². The van der Waals surface area contributed by atoms with Gasteiger partial charge in [0, 0.05) is 19.2 Å². The summed E-state index contributed by atoms with van der Waals surface area (Å²) in [6.07, 6.45) is -6.31. The molecule has 0 bridgehead atoms. The van der Waals surface area contributed by atoms with E-state index in [0.29, 0.717) is 11.0 Å². The Labute approximate surface area is 226 Å². The maximum absolute atomic E-state index is 13.8. The van der Waals surface area contributed by atoms with Crippen LogP contribution in [0.4, 0.5) is 35.2 Å². The molecule has 3 rings (SSSR count). The van der Waals surface area contributed by atoms with Crippen molar-refractivity contribution in [3.05, 3.63) is 46.6 Å². The molecule has 1 aliphatic rings. The second-order valence-corrected chi connectivity index (χ2v) is 10.3. The van der Waals surface area contributed by atoms with E-state index in [2.05, 4.69) is 10.3 Å². The van der Waals surface area contributed by atoms with Crippen molar-refractivity contribution in [2.45, 2.75) is 51.9 Å². The number of nitrogens with one attached hydrogen (secondary N) is 1. The number of halogens is 4. The van der Waals surface area contributed by atoms with Crippen molar-refractivity contribution in [3.8, 4) is 0 Å². The summed E-state index contributed by atoms with van der Waals surface area (Å²) in [6.45, 7) is 6.18. The molecule has 1 aromatic heterocycles. The number of aromatic nitrogens is 1. The first-order chi connectivity index (χ1) is 17.9. The van der Waals surface area contributed by atoms with Crippen molar-refractivity contribution >= 4 is 52.7 Å². The van der Waals surface area contributed by atoms with E-state index >= 15 is 0 Å². The smallest absolute Gasteiger partial charge is 0.416 e. The predicted molar refractivity (Wildman–Crippen MR) is 136 cm³/mol. The summed E-state index contributed by atoms with van der Waals surface area (Å²) in [7, 11) is 1.25. The van der Waals surface area contributed by atoms with E-state index < -0.39 is 65.4 Å². The first kappa shape index (κ1) is 29.7. The lowest BCUT2D eigenvalue weighted by Gasteiger charge is -2.31. The highest BCUT2D eigenvalue weighted by atomic mass is 35.5. The molecule has 10 nitrogen and oxygen atoms in total. The molecular formula is C25H26ClF3N4O6. The van der Waals surface area contributed by atoms with E-state index in [4.69, 9.17) is 16.3 Å². The monoisotopic (exact) mass is 570 g/mol. The molecule has 14 heteroatoms. The van der Waals surface area contributed by atoms with E-state index in [1.54, 1.807) is 20.8 Å². The molecule has 2 N–H and O–H groups in total. The molecule has 1 fully saturated rings. The maximum atomic E-state index is 13.8. The number of ether oxygens (including phenoxy) is 1. The SMILES string of the molecule is Cc1cc(C(F)(F)F)cc(N2C(=O)CC(C(=O)O)[C@H]2C(=O)N(C)c2cccc(Cl)c2NC(=O)OC(C)(C)C)n1. The summed E-state index contributed by atoms with van der Waals surface area (Å²) < 4.78 is 45.7. The molecule has 1 aliphatic heterocycles. The van der Waals surface area contributed by atoms with Crippen LogP contribution in [-0.4, -0.2) is 52.7 Å². The van der Waals surface area contributed by atoms with Crippen molar-refractivity contribution in [1.82, 2.24) is 4.98 Å². The molecular weight excluding hydrogens is 545 g/mol. The molecule has 0 saturated carbocycles. The number of aliphatic carboxylic acids is 1. The summed E-state index contributed by atoms with van der Waals surface area (Å²) in [4.78, 5) is 56.8. The van der Waals surface area contributed by atoms with Crippen molar-refractivity contribution in [1.29, 1.82) is 0 Å². The van der Waals surface area contributed by atoms with Gasteiger partial charge >= 0.3 is 18.2 Å². The molecule has 39 heavy (non-hydrogen) atoms. The number of anilines is 3. The van der Waals surface area contributed by atoms with Gasteiger partial charge in [0.2, 0.25) is 5.91 Å². The van der Waals surface area contributed by atoms with Crippen molar-refractivity contribution < 1.29 is 42.2 Å². The lowest BCUT2D eigenvalue weighted by atomic mass is 9.99. The lowest BCUT2D eigenvalue weighted by Crippen LogP contribution is -2.50. The molecule has 2 atom stereocenters. The van der Waals surface area contributed by atoms with Crippen LogP contribution >= 0.6 is 11.6 Å². The standard InChI is InChI=1S/C25H26ClF3N4O6/c1-12-9-13(25(27,28)29)10-17(30-12)33-18(34)11-14(22(36)37)20(33)21(35)32(5)16-8-6-7-15(26)19(16)31-23(38)39-24(2,3)4/h6-10,14,20H,11H2,1-5H3,(H,31,38)(H,36,37)/t14?,20-/m0/s1. The molecule has 1 saturated heterocycles. The van der Waals surface area contributed by atoms with Gasteiger partial charge in [0.25, 0.3) is 5.91 Å². The van der Waals surface area contributed by atoms with Crippen LogP contribution in [0.3, 0.4) is 0 Å². The number of para-hydroxylation sites is 1. The highest BCUT2D eigenvalue weighted by Crippen LogP contribution is 2.38. The molecule has 1 unspecified atom stereocenters. The summed E-state index contributed by atoms with van der Waals surface area (Å²) in [5, 5.41) is 12.3. The van der Waals surface area contributed by atoms with Crippen LogP contribution < -0.4 is 15.1 Å². The Hall–Kier alpha value is -3.87. The molecule has 0 spiro atoms. The number of likely N-dealkylation sites (N-methyl/N-ethyl adjacent to an activating group) is 1. The van der Waals surface area contributed by atoms with Crippen LogP contribution in [0.2, 0.25) is 5.02 Å². The molecule has 1 aromatic carbocycles. The minimum atomic E-state index is -4.78. The van der Waals surface area contributed by atoms with Gasteiger partial charge < -0.3 is 14.7 Å². The minimum absolute atomic E-state index is 0.0160. The number of carbonyl (C=O) groups is 4. The van der Waals surface area contributed by atoms with Gasteiger partial charge in [0.1, 0.15) is 17.5 Å². The number of amides is 3. The Morgan fingerprint density at radius 1 is 1.21 bits per heavy atom. The van der Waals surface area contributed by atoms with E-state index in [-0.39, 0.29) is 22.1 Å². The van der Waals surface area contributed by atoms with Crippen LogP contribution in [0.5, 0.6) is 0 Å². The Balaban J connectivity index is 2.07. The van der Waals surface area contributed by atoms with Crippen LogP contribution in [0.25, 0.3) is 0 Å². The lowest BCUT2D eigenvalue weighted by molar-refractivity contribution is -0.144. The average molecular weight is 571 g/mol. The second-order valence-electron chi connectivity index (χ2n) is 9.87. The van der Waals surface area contributed by atoms with Crippen LogP contribution in [-0.2, 0) is 25.3 Å². The Morgan fingerprint density at radius 2 is 1.85 bits per heavy atom. The summed E-state index contributed by atoms with van der Waals surface area (Å²) in [6, 6.07) is 3.90. The first-order valence-corrected chi connectivity index (χ1v) is 12.0. The predicted octanol–water partition coefficient (Wildman–Crippen LogP) is 4.88. The second kappa shape index (κ2) is 10.7. The number of aryl methyl sites for hydroxylation is 1. The molecule has 3 amide bonds. The normalized spacial score (nSPS) is 17.7. The zero-order chi connectivity index (χ0) is 29.4. The Bertz CT molecular complexity index is 1330. The van der Waals surface area contributed by atoms with Gasteiger partial charge in [-0.15, -0.1) is 0 Å². The topological polar surface area (TPSA) is 129 Å². The van der Waals surface area contributed by atoms with Crippen molar-refractivity contribution in [3.63, 3.8) is 0 Å². The highest BCUT2D eigenvalue weighted by Gasteiger charge is 2.51. The van der Waals surface area contributed by atoms with Crippen LogP contribution in [0.15, 0.2) is 30.3 Å². The number of nitrogens with zero attached hydrogens (tertiary/aromatic N) is 3. The molecule has 2 aromatic rings. The van der Waals surface area contributed by atoms with E-state index in [1.165, 1.54) is 32.2 Å². The number of carbonyl (C=O) groups excluding carboxylic acids is 3. The number of alkyl halides is 3. The van der Waals surface area contributed by atoms with Crippen molar-refractivity contribution in [2.75, 3.05) is 22.2 Å². The number of hydrogen-bond donors (Lipinski definition) is 2. The van der Waals surface area contributed by atoms with Crippen LogP contribution in [0, 0.1) is 12.8 Å². The summed E-state index contributed by atoms with van der Waals surface area (Å²) in [5.41, 5.74) is -2.09. The first-order valence-electron chi connectivity index (χ1n) is 11.6. The van der Waals surface area contributed by atoms with Crippen molar-refractivity contribution in [2.24, 2.45) is 5.92 Å². The van der Waals surface area contributed by atoms with Crippen LogP contribution in [0.1, 0.15) is 38.4 Å². The average Bonchev–Trinajstić information content (AvgIpc) is 3.14. The van der Waals surface area contributed by atoms with Gasteiger partial charge in [-0.3, -0.25) is 24.6 Å². The minimum Gasteiger partial charge on any atom is -0.481 e. The van der Waals surface area contributed by atoms with E-state index in [1.807, 2.05) is 0 Å². The number of rotatable bonds is 5. The molecule has 0 radical (unpaired) electrons. The fourth-order valence-corrected chi connectivity index (χ4v) is 4.30. The number of hydrogen-bond acceptors (Lipinski definition) is 6. The zero-order valence-corrected chi connectivity index (χ0v) is 22.3. The number of benzene rings is 1. The molecule has 210 valence electrons. The summed E-state index contributed by atoms with van der Waals surface area (Å²) in [5.74, 6) is -5.45. The summed E-state index contributed by atoms with van der Waals surface area (Å²) >= 11 is 6.27. The largest absolute Gasteiger partial charge is 0.481 e. The fraction of sp³-hybridized carbons (Fsp3) is 0.400. The third-order valence-electron chi connectivity index (χ3n) is 5.72. The fourth-order valence-electron chi connectivity index (χ4n) is 4.09. The van der Waals surface area contributed by atoms with Gasteiger partial charge in [-0.1, -0.05) is 17.7 Å². The third-order valence-corrected chi connectivity index (χ3v) is 6.03. The van der Waals surface area contributed by atoms with E-state index in [0.717, 1.165) is 11.0 Å². The number of carboxylic acid groups (broad SMARTS) is 1. The quantitative estimate of drug-likeness (QED) is 0.524. The molecule has 2 heterocycles. The van der Waals surface area contributed by atoms with Gasteiger partial charge in [-0.2, -0.15) is 13.2 Å².